The standard InChI is InChI=1S/C43H33N3O3/c47-42-40(41(43(48)49)44-46(42)39-16-8-3-9-17-39)18-10-11-31-19-25-36(26-20-31)45(37-27-21-34(22-28-37)32-12-4-1-5-13-32)38-29-23-35(24-30-38)33-14-6-2-7-15-33/h1-30,42,47H,(H,48,49)/b11-10+,40-18-. The number of aliphatic carboxylic acids is 1. The van der Waals surface area contributed by atoms with Gasteiger partial charge < -0.3 is 15.1 Å². The van der Waals surface area contributed by atoms with E-state index in [2.05, 4.69) is 94.9 Å². The lowest BCUT2D eigenvalue weighted by atomic mass is 10.0. The first-order chi connectivity index (χ1) is 24.0. The molecular formula is C43H33N3O3. The number of rotatable bonds is 9. The second-order valence-electron chi connectivity index (χ2n) is 11.5. The average molecular weight is 640 g/mol. The molecule has 0 aromatic heterocycles. The van der Waals surface area contributed by atoms with Gasteiger partial charge in [0, 0.05) is 22.6 Å². The molecule has 0 spiro atoms. The maximum Gasteiger partial charge on any atom is 0.356 e. The molecule has 6 aromatic carbocycles. The summed E-state index contributed by atoms with van der Waals surface area (Å²) < 4.78 is 0. The third-order valence-electron chi connectivity index (χ3n) is 8.40. The Balaban J connectivity index is 1.16. The molecule has 1 heterocycles. The van der Waals surface area contributed by atoms with Gasteiger partial charge >= 0.3 is 5.97 Å². The van der Waals surface area contributed by atoms with Crippen LogP contribution in [-0.4, -0.2) is 28.1 Å². The van der Waals surface area contributed by atoms with Gasteiger partial charge in [-0.3, -0.25) is 0 Å². The van der Waals surface area contributed by atoms with Crippen molar-refractivity contribution in [3.05, 3.63) is 187 Å². The van der Waals surface area contributed by atoms with Crippen LogP contribution in [0, 0.1) is 0 Å². The van der Waals surface area contributed by atoms with Crippen LogP contribution in [0.5, 0.6) is 0 Å². The number of anilines is 4. The number of hydrazone groups is 1. The second-order valence-corrected chi connectivity index (χ2v) is 11.5. The van der Waals surface area contributed by atoms with Gasteiger partial charge in [0.1, 0.15) is 0 Å². The third kappa shape index (κ3) is 6.81. The van der Waals surface area contributed by atoms with Crippen LogP contribution in [0.4, 0.5) is 22.7 Å². The minimum atomic E-state index is -1.21. The summed E-state index contributed by atoms with van der Waals surface area (Å²) >= 11 is 0. The predicted molar refractivity (Wildman–Crippen MR) is 199 cm³/mol. The summed E-state index contributed by atoms with van der Waals surface area (Å²) in [6.07, 6.45) is 4.00. The first-order valence-electron chi connectivity index (χ1n) is 16.0. The monoisotopic (exact) mass is 639 g/mol. The van der Waals surface area contributed by atoms with E-state index in [1.807, 2.05) is 72.8 Å². The van der Waals surface area contributed by atoms with Gasteiger partial charge in [-0.05, 0) is 76.3 Å². The topological polar surface area (TPSA) is 76.4 Å². The number of aliphatic hydroxyl groups excluding tert-OH is 1. The maximum atomic E-state index is 11.9. The summed E-state index contributed by atoms with van der Waals surface area (Å²) in [7, 11) is 0. The van der Waals surface area contributed by atoms with E-state index in [0.717, 1.165) is 33.8 Å². The van der Waals surface area contributed by atoms with E-state index in [9.17, 15) is 15.0 Å². The van der Waals surface area contributed by atoms with Gasteiger partial charge in [0.25, 0.3) is 0 Å². The van der Waals surface area contributed by atoms with Crippen molar-refractivity contribution in [2.75, 3.05) is 9.91 Å². The molecule has 0 fully saturated rings. The fourth-order valence-corrected chi connectivity index (χ4v) is 5.90. The van der Waals surface area contributed by atoms with Gasteiger partial charge in [-0.15, -0.1) is 0 Å². The van der Waals surface area contributed by atoms with Gasteiger partial charge in [-0.2, -0.15) is 5.10 Å². The Morgan fingerprint density at radius 2 is 1.02 bits per heavy atom. The van der Waals surface area contributed by atoms with Crippen molar-refractivity contribution in [1.29, 1.82) is 0 Å². The summed E-state index contributed by atoms with van der Waals surface area (Å²) in [6, 6.07) is 55.0. The third-order valence-corrected chi connectivity index (χ3v) is 8.40. The molecule has 1 atom stereocenters. The molecule has 0 aliphatic carbocycles. The lowest BCUT2D eigenvalue weighted by Gasteiger charge is -2.26. The number of hydrogen-bond acceptors (Lipinski definition) is 5. The highest BCUT2D eigenvalue weighted by Crippen LogP contribution is 2.37. The minimum absolute atomic E-state index is 0.191. The Morgan fingerprint density at radius 1 is 0.592 bits per heavy atom. The Bertz CT molecular complexity index is 2040. The number of nitrogens with zero attached hydrogens (tertiary/aromatic N) is 3. The van der Waals surface area contributed by atoms with Crippen LogP contribution in [0.2, 0.25) is 0 Å². The second kappa shape index (κ2) is 14.1. The molecular weight excluding hydrogens is 606 g/mol. The number of para-hydroxylation sites is 1. The number of carboxylic acids is 1. The Hall–Kier alpha value is -6.50. The van der Waals surface area contributed by atoms with E-state index in [4.69, 9.17) is 0 Å². The number of aliphatic hydroxyl groups is 1. The highest BCUT2D eigenvalue weighted by atomic mass is 16.4. The smallest absolute Gasteiger partial charge is 0.356 e. The van der Waals surface area contributed by atoms with E-state index < -0.39 is 12.2 Å². The van der Waals surface area contributed by atoms with Crippen LogP contribution in [0.25, 0.3) is 28.3 Å². The summed E-state index contributed by atoms with van der Waals surface area (Å²) in [6.45, 7) is 0. The molecule has 0 amide bonds. The first-order valence-corrected chi connectivity index (χ1v) is 16.0. The van der Waals surface area contributed by atoms with Crippen LogP contribution >= 0.6 is 0 Å². The molecule has 6 aromatic rings. The molecule has 0 saturated heterocycles. The highest BCUT2D eigenvalue weighted by Gasteiger charge is 2.34. The van der Waals surface area contributed by atoms with Crippen molar-refractivity contribution in [3.8, 4) is 22.3 Å². The first kappa shape index (κ1) is 31.1. The summed E-state index contributed by atoms with van der Waals surface area (Å²) in [4.78, 5) is 14.2. The molecule has 6 heteroatoms. The fourth-order valence-electron chi connectivity index (χ4n) is 5.90. The SMILES string of the molecule is O=C(O)C1=NN(c2ccccc2)C(O)/C1=C\C=C\c1ccc(N(c2ccc(-c3ccccc3)cc2)c2ccc(-c3ccccc3)cc2)cc1. The number of allylic oxidation sites excluding steroid dienone is 2. The van der Waals surface area contributed by atoms with Gasteiger partial charge in [0.15, 0.2) is 11.9 Å². The van der Waals surface area contributed by atoms with Crippen LogP contribution in [0.3, 0.4) is 0 Å². The predicted octanol–water partition coefficient (Wildman–Crippen LogP) is 9.71. The van der Waals surface area contributed by atoms with Crippen LogP contribution < -0.4 is 9.91 Å². The normalized spacial score (nSPS) is 15.0. The molecule has 1 unspecified atom stereocenters. The van der Waals surface area contributed by atoms with E-state index in [0.29, 0.717) is 5.69 Å². The van der Waals surface area contributed by atoms with Crippen molar-refractivity contribution < 1.29 is 15.0 Å². The van der Waals surface area contributed by atoms with Crippen molar-refractivity contribution in [2.24, 2.45) is 5.10 Å². The molecule has 7 rings (SSSR count). The van der Waals surface area contributed by atoms with E-state index in [1.165, 1.54) is 16.1 Å². The lowest BCUT2D eigenvalue weighted by Crippen LogP contribution is -2.28. The number of carboxylic acid groups (broad SMARTS) is 1. The molecule has 6 nitrogen and oxygen atoms in total. The molecule has 0 radical (unpaired) electrons. The van der Waals surface area contributed by atoms with Gasteiger partial charge in [0.2, 0.25) is 0 Å². The Morgan fingerprint density at radius 3 is 1.49 bits per heavy atom. The van der Waals surface area contributed by atoms with Crippen LogP contribution in [0.15, 0.2) is 187 Å². The molecule has 238 valence electrons. The summed E-state index contributed by atoms with van der Waals surface area (Å²) in [5, 5.41) is 26.2. The summed E-state index contributed by atoms with van der Waals surface area (Å²) in [5.74, 6) is -1.20. The Kier molecular flexibility index (Phi) is 8.95. The summed E-state index contributed by atoms with van der Waals surface area (Å²) in [5.41, 5.74) is 9.21. The molecule has 0 bridgehead atoms. The molecule has 2 N–H and O–H groups in total. The fraction of sp³-hybridized carbons (Fsp3) is 0.0233. The van der Waals surface area contributed by atoms with Crippen LogP contribution in [-0.2, 0) is 4.79 Å². The molecule has 0 saturated carbocycles. The van der Waals surface area contributed by atoms with Gasteiger partial charge in [0.05, 0.1) is 5.69 Å². The van der Waals surface area contributed by atoms with E-state index in [1.54, 1.807) is 24.3 Å². The van der Waals surface area contributed by atoms with Crippen molar-refractivity contribution in [3.63, 3.8) is 0 Å². The molecule has 49 heavy (non-hydrogen) atoms. The largest absolute Gasteiger partial charge is 0.476 e. The highest BCUT2D eigenvalue weighted by molar-refractivity contribution is 6.43. The zero-order valence-corrected chi connectivity index (χ0v) is 26.5. The minimum Gasteiger partial charge on any atom is -0.476 e. The zero-order valence-electron chi connectivity index (χ0n) is 26.5. The quantitative estimate of drug-likeness (QED) is 0.165. The van der Waals surface area contributed by atoms with Crippen molar-refractivity contribution >= 4 is 40.5 Å². The van der Waals surface area contributed by atoms with Gasteiger partial charge in [-0.25, -0.2) is 9.80 Å². The molecule has 1 aliphatic heterocycles. The zero-order chi connectivity index (χ0) is 33.6. The van der Waals surface area contributed by atoms with Gasteiger partial charge in [-0.1, -0.05) is 133 Å². The number of benzene rings is 6. The maximum absolute atomic E-state index is 11.9. The van der Waals surface area contributed by atoms with Crippen molar-refractivity contribution in [2.45, 2.75) is 6.23 Å². The molecule has 1 aliphatic rings. The number of carbonyl (C=O) groups is 1. The van der Waals surface area contributed by atoms with E-state index in [-0.39, 0.29) is 11.3 Å². The Labute approximate surface area is 285 Å². The average Bonchev–Trinajstić information content (AvgIpc) is 3.50. The van der Waals surface area contributed by atoms with Crippen LogP contribution in [0.1, 0.15) is 5.56 Å². The number of hydrogen-bond donors (Lipinski definition) is 2. The van der Waals surface area contributed by atoms with Crippen molar-refractivity contribution in [1.82, 2.24) is 0 Å². The lowest BCUT2D eigenvalue weighted by molar-refractivity contribution is -0.129. The van der Waals surface area contributed by atoms with E-state index >= 15 is 0 Å².